The number of nitrogens with zero attached hydrogens (tertiary/aromatic N) is 2. The predicted molar refractivity (Wildman–Crippen MR) is 113 cm³/mol. The zero-order valence-corrected chi connectivity index (χ0v) is 18.3. The second kappa shape index (κ2) is 12.3. The molecule has 24 heavy (non-hydrogen) atoms. The van der Waals surface area contributed by atoms with Crippen molar-refractivity contribution in [3.05, 3.63) is 0 Å². The summed E-state index contributed by atoms with van der Waals surface area (Å²) >= 11 is 0. The smallest absolute Gasteiger partial charge is 0.193 e. The van der Waals surface area contributed by atoms with Gasteiger partial charge in [-0.15, -0.1) is 24.0 Å². The van der Waals surface area contributed by atoms with Crippen LogP contribution in [0.5, 0.6) is 0 Å². The van der Waals surface area contributed by atoms with E-state index in [1.54, 1.807) is 0 Å². The minimum absolute atomic E-state index is 0. The Bertz CT molecular complexity index is 347. The Morgan fingerprint density at radius 2 is 1.75 bits per heavy atom. The van der Waals surface area contributed by atoms with Crippen LogP contribution in [0.1, 0.15) is 65.2 Å². The van der Waals surface area contributed by atoms with Crippen LogP contribution in [0.4, 0.5) is 0 Å². The number of likely N-dealkylation sites (tertiary alicyclic amines) is 1. The van der Waals surface area contributed by atoms with Crippen LogP contribution in [-0.2, 0) is 4.74 Å². The standard InChI is InChI=1S/C19H37N3O.HI/c1-4-16(5-2)14-21-19(20-3)22-12-10-18(11-13-22)23-15-17-8-6-7-9-17;/h16-18H,4-15H2,1-3H3,(H,20,21);1H. The molecule has 1 saturated heterocycles. The van der Waals surface area contributed by atoms with Crippen molar-refractivity contribution in [2.24, 2.45) is 16.8 Å². The van der Waals surface area contributed by atoms with Gasteiger partial charge in [0, 0.05) is 33.3 Å². The molecular formula is C19H38IN3O. The van der Waals surface area contributed by atoms with Crippen LogP contribution in [0.15, 0.2) is 4.99 Å². The van der Waals surface area contributed by atoms with Crippen molar-refractivity contribution in [3.63, 3.8) is 0 Å². The van der Waals surface area contributed by atoms with E-state index in [1.807, 2.05) is 7.05 Å². The van der Waals surface area contributed by atoms with Crippen molar-refractivity contribution in [2.75, 3.05) is 33.3 Å². The SMILES string of the molecule is CCC(CC)CNC(=NC)N1CCC(OCC2CCCC2)CC1.I. The van der Waals surface area contributed by atoms with E-state index in [2.05, 4.69) is 29.1 Å². The van der Waals surface area contributed by atoms with E-state index in [0.29, 0.717) is 6.10 Å². The summed E-state index contributed by atoms with van der Waals surface area (Å²) in [5.74, 6) is 2.66. The molecule has 142 valence electrons. The minimum atomic E-state index is 0. The highest BCUT2D eigenvalue weighted by Gasteiger charge is 2.24. The fourth-order valence-corrected chi connectivity index (χ4v) is 3.83. The third-order valence-electron chi connectivity index (χ3n) is 5.70. The molecule has 0 aromatic heterocycles. The maximum absolute atomic E-state index is 6.17. The number of rotatable bonds is 7. The number of hydrogen-bond donors (Lipinski definition) is 1. The Labute approximate surface area is 166 Å². The molecule has 5 heteroatoms. The normalized spacial score (nSPS) is 20.5. The molecule has 0 unspecified atom stereocenters. The molecule has 1 heterocycles. The van der Waals surface area contributed by atoms with Crippen molar-refractivity contribution in [3.8, 4) is 0 Å². The van der Waals surface area contributed by atoms with Crippen molar-refractivity contribution >= 4 is 29.9 Å². The lowest BCUT2D eigenvalue weighted by Crippen LogP contribution is -2.48. The average molecular weight is 451 g/mol. The van der Waals surface area contributed by atoms with Gasteiger partial charge in [-0.05, 0) is 37.5 Å². The molecule has 0 amide bonds. The third kappa shape index (κ3) is 7.06. The number of aliphatic imine (C=N–C) groups is 1. The second-order valence-corrected chi connectivity index (χ2v) is 7.28. The first-order valence-electron chi connectivity index (χ1n) is 9.84. The maximum Gasteiger partial charge on any atom is 0.193 e. The van der Waals surface area contributed by atoms with Gasteiger partial charge in [0.05, 0.1) is 6.10 Å². The lowest BCUT2D eigenvalue weighted by molar-refractivity contribution is 0.000995. The van der Waals surface area contributed by atoms with Crippen molar-refractivity contribution in [2.45, 2.75) is 71.3 Å². The van der Waals surface area contributed by atoms with E-state index >= 15 is 0 Å². The topological polar surface area (TPSA) is 36.9 Å². The van der Waals surface area contributed by atoms with Gasteiger partial charge < -0.3 is 15.0 Å². The number of ether oxygens (including phenoxy) is 1. The van der Waals surface area contributed by atoms with Gasteiger partial charge >= 0.3 is 0 Å². The molecule has 1 N–H and O–H groups in total. The number of halogens is 1. The largest absolute Gasteiger partial charge is 0.378 e. The Hall–Kier alpha value is -0.0400. The molecule has 0 atom stereocenters. The highest BCUT2D eigenvalue weighted by atomic mass is 127. The van der Waals surface area contributed by atoms with Gasteiger partial charge in [0.1, 0.15) is 0 Å². The van der Waals surface area contributed by atoms with Gasteiger partial charge in [-0.25, -0.2) is 0 Å². The minimum Gasteiger partial charge on any atom is -0.378 e. The third-order valence-corrected chi connectivity index (χ3v) is 5.70. The lowest BCUT2D eigenvalue weighted by Gasteiger charge is -2.35. The fraction of sp³-hybridized carbons (Fsp3) is 0.947. The summed E-state index contributed by atoms with van der Waals surface area (Å²) in [6.45, 7) is 8.71. The Kier molecular flexibility index (Phi) is 11.3. The number of piperidine rings is 1. The molecular weight excluding hydrogens is 413 g/mol. The van der Waals surface area contributed by atoms with Crippen LogP contribution < -0.4 is 5.32 Å². The van der Waals surface area contributed by atoms with Crippen molar-refractivity contribution < 1.29 is 4.74 Å². The molecule has 2 rings (SSSR count). The molecule has 2 aliphatic rings. The highest BCUT2D eigenvalue weighted by molar-refractivity contribution is 14.0. The van der Waals surface area contributed by atoms with E-state index in [-0.39, 0.29) is 24.0 Å². The number of guanidine groups is 1. The summed E-state index contributed by atoms with van der Waals surface area (Å²) in [6.07, 6.45) is 10.8. The summed E-state index contributed by atoms with van der Waals surface area (Å²) in [7, 11) is 1.90. The van der Waals surface area contributed by atoms with Crippen molar-refractivity contribution in [1.82, 2.24) is 10.2 Å². The molecule has 1 aliphatic carbocycles. The van der Waals surface area contributed by atoms with Crippen LogP contribution in [0.25, 0.3) is 0 Å². The van der Waals surface area contributed by atoms with Gasteiger partial charge in [0.25, 0.3) is 0 Å². The monoisotopic (exact) mass is 451 g/mol. The maximum atomic E-state index is 6.17. The summed E-state index contributed by atoms with van der Waals surface area (Å²) in [4.78, 5) is 6.88. The molecule has 2 fully saturated rings. The molecule has 0 aromatic rings. The first-order valence-corrected chi connectivity index (χ1v) is 9.84. The summed E-state index contributed by atoms with van der Waals surface area (Å²) in [5.41, 5.74) is 0. The first kappa shape index (κ1) is 22.0. The molecule has 4 nitrogen and oxygen atoms in total. The molecule has 0 spiro atoms. The van der Waals surface area contributed by atoms with Crippen molar-refractivity contribution in [1.29, 1.82) is 0 Å². The van der Waals surface area contributed by atoms with Crippen LogP contribution in [0.2, 0.25) is 0 Å². The van der Waals surface area contributed by atoms with Gasteiger partial charge in [-0.3, -0.25) is 4.99 Å². The van der Waals surface area contributed by atoms with E-state index in [9.17, 15) is 0 Å². The first-order chi connectivity index (χ1) is 11.3. The van der Waals surface area contributed by atoms with E-state index in [4.69, 9.17) is 4.74 Å². The molecule has 0 radical (unpaired) electrons. The fourth-order valence-electron chi connectivity index (χ4n) is 3.83. The van der Waals surface area contributed by atoms with E-state index in [1.165, 1.54) is 38.5 Å². The quantitative estimate of drug-likeness (QED) is 0.357. The van der Waals surface area contributed by atoms with Gasteiger partial charge in [-0.1, -0.05) is 39.5 Å². The van der Waals surface area contributed by atoms with Gasteiger partial charge in [0.15, 0.2) is 5.96 Å². The molecule has 0 bridgehead atoms. The van der Waals surface area contributed by atoms with Crippen LogP contribution in [0, 0.1) is 11.8 Å². The Balaban J connectivity index is 0.00000288. The summed E-state index contributed by atoms with van der Waals surface area (Å²) in [6, 6.07) is 0. The predicted octanol–water partition coefficient (Wildman–Crippen LogP) is 4.29. The van der Waals surface area contributed by atoms with Gasteiger partial charge in [0.2, 0.25) is 0 Å². The zero-order chi connectivity index (χ0) is 16.5. The van der Waals surface area contributed by atoms with Crippen LogP contribution >= 0.6 is 24.0 Å². The highest BCUT2D eigenvalue weighted by Crippen LogP contribution is 2.26. The zero-order valence-electron chi connectivity index (χ0n) is 15.9. The lowest BCUT2D eigenvalue weighted by atomic mass is 10.0. The number of hydrogen-bond acceptors (Lipinski definition) is 2. The molecule has 1 saturated carbocycles. The summed E-state index contributed by atoms with van der Waals surface area (Å²) < 4.78 is 6.17. The van der Waals surface area contributed by atoms with Crippen LogP contribution in [-0.4, -0.2) is 50.3 Å². The van der Waals surface area contributed by atoms with E-state index in [0.717, 1.165) is 56.9 Å². The van der Waals surface area contributed by atoms with Gasteiger partial charge in [-0.2, -0.15) is 0 Å². The van der Waals surface area contributed by atoms with E-state index < -0.39 is 0 Å². The average Bonchev–Trinajstić information content (AvgIpc) is 3.11. The molecule has 1 aliphatic heterocycles. The summed E-state index contributed by atoms with van der Waals surface area (Å²) in [5, 5.41) is 3.57. The number of nitrogens with one attached hydrogen (secondary N) is 1. The molecule has 0 aromatic carbocycles. The Morgan fingerprint density at radius 3 is 2.29 bits per heavy atom. The second-order valence-electron chi connectivity index (χ2n) is 7.28. The van der Waals surface area contributed by atoms with Crippen LogP contribution in [0.3, 0.4) is 0 Å². The Morgan fingerprint density at radius 1 is 1.12 bits per heavy atom.